The van der Waals surface area contributed by atoms with Gasteiger partial charge in [-0.3, -0.25) is 0 Å². The highest BCUT2D eigenvalue weighted by molar-refractivity contribution is 7.72. The van der Waals surface area contributed by atoms with Gasteiger partial charge in [0.15, 0.2) is 7.55 Å². The molecule has 0 spiro atoms. The first kappa shape index (κ1) is 15.7. The molecule has 3 unspecified atom stereocenters. The van der Waals surface area contributed by atoms with Gasteiger partial charge >= 0.3 is 0 Å². The lowest BCUT2D eigenvalue weighted by Gasteiger charge is -2.31. The van der Waals surface area contributed by atoms with Gasteiger partial charge in [0.25, 0.3) is 5.90 Å². The molecule has 2 rings (SSSR count). The number of fused-ring (bicyclic) bond motifs is 1. The lowest BCUT2D eigenvalue weighted by atomic mass is 9.73. The fourth-order valence-corrected chi connectivity index (χ4v) is 6.81. The van der Waals surface area contributed by atoms with Gasteiger partial charge < -0.3 is 14.9 Å². The molecule has 2 aliphatic rings. The predicted molar refractivity (Wildman–Crippen MR) is 86.4 cm³/mol. The summed E-state index contributed by atoms with van der Waals surface area (Å²) in [5.74, 6) is 0.716. The number of hydrogen-bond donors (Lipinski definition) is 2. The molecule has 0 saturated heterocycles. The van der Waals surface area contributed by atoms with Crippen LogP contribution < -0.4 is 0 Å². The Bertz CT molecular complexity index is 413. The number of aliphatic hydroxyl groups excluding tert-OH is 1. The monoisotopic (exact) mass is 300 g/mol. The highest BCUT2D eigenvalue weighted by Crippen LogP contribution is 2.66. The fourth-order valence-electron chi connectivity index (χ4n) is 2.99. The van der Waals surface area contributed by atoms with E-state index in [0.717, 1.165) is 18.5 Å². The van der Waals surface area contributed by atoms with Gasteiger partial charge in [-0.15, -0.1) is 0 Å². The van der Waals surface area contributed by atoms with Crippen molar-refractivity contribution in [3.63, 3.8) is 0 Å². The highest BCUT2D eigenvalue weighted by atomic mass is 31.2. The number of hydrogen-bond acceptors (Lipinski definition) is 3. The Labute approximate surface area is 118 Å². The molecule has 2 radical (unpaired) electrons. The molecule has 6 heteroatoms. The third-order valence-corrected chi connectivity index (χ3v) is 9.08. The lowest BCUT2D eigenvalue weighted by Crippen LogP contribution is -2.46. The highest BCUT2D eigenvalue weighted by Gasteiger charge is 2.74. The van der Waals surface area contributed by atoms with E-state index in [1.807, 2.05) is 0 Å². The first-order valence-corrected chi connectivity index (χ1v) is 10.5. The van der Waals surface area contributed by atoms with E-state index in [1.165, 1.54) is 0 Å². The second kappa shape index (κ2) is 5.24. The molecule has 0 aliphatic heterocycles. The summed E-state index contributed by atoms with van der Waals surface area (Å²) in [4.78, 5) is 0. The van der Waals surface area contributed by atoms with Gasteiger partial charge in [-0.1, -0.05) is 0 Å². The van der Waals surface area contributed by atoms with Crippen molar-refractivity contribution in [1.82, 2.24) is 0 Å². The molecular weight excluding hydrogens is 277 g/mol. The maximum atomic E-state index is 10.3. The molecule has 0 bridgehead atoms. The van der Waals surface area contributed by atoms with Crippen LogP contribution in [0.25, 0.3) is 0 Å². The van der Waals surface area contributed by atoms with Crippen molar-refractivity contribution < 1.29 is 14.9 Å². The first-order valence-electron chi connectivity index (χ1n) is 6.66. The van der Waals surface area contributed by atoms with Crippen molar-refractivity contribution in [3.8, 4) is 0 Å². The quantitative estimate of drug-likeness (QED) is 0.579. The number of aliphatic hydroxyl groups is 2. The smallest absolute Gasteiger partial charge is 0.254 e. The molecule has 2 aliphatic carbocycles. The molecule has 7 atom stereocenters. The zero-order chi connectivity index (χ0) is 14.4. The summed E-state index contributed by atoms with van der Waals surface area (Å²) in [6, 6.07) is 0. The van der Waals surface area contributed by atoms with E-state index in [-0.39, 0.29) is 13.5 Å². The van der Waals surface area contributed by atoms with Crippen molar-refractivity contribution in [3.05, 3.63) is 0 Å². The largest absolute Gasteiger partial charge is 0.388 e. The summed E-state index contributed by atoms with van der Waals surface area (Å²) >= 11 is 0. The first-order chi connectivity index (χ1) is 8.75. The molecule has 0 heterocycles. The van der Waals surface area contributed by atoms with Crippen LogP contribution >= 0.6 is 15.1 Å². The van der Waals surface area contributed by atoms with Gasteiger partial charge in [-0.25, -0.2) is 0 Å². The molecule has 104 valence electrons. The summed E-state index contributed by atoms with van der Waals surface area (Å²) in [5.41, 5.74) is -1.85. The summed E-state index contributed by atoms with van der Waals surface area (Å²) in [6.45, 7) is 3.74. The Hall–Kier alpha value is 0.285. The standard InChI is InChI=1S/C13H23BO3P2/c1-5-18(3)8-19(4)7-17-13-6-9(13)10(14)12(2,16)11(13)15/h9-11,15-16H,3-8H2,1-2H3/q+2/t9-,10-,11+,12+,13?/m1/s1. The van der Waals surface area contributed by atoms with Gasteiger partial charge in [0.1, 0.15) is 25.4 Å². The molecule has 0 aromatic rings. The summed E-state index contributed by atoms with van der Waals surface area (Å²) in [5, 5.41) is 20.4. The minimum absolute atomic E-state index is 0.0772. The van der Waals surface area contributed by atoms with E-state index in [2.05, 4.69) is 19.5 Å². The Kier molecular flexibility index (Phi) is 4.32. The van der Waals surface area contributed by atoms with Crippen LogP contribution in [0.4, 0.5) is 0 Å². The van der Waals surface area contributed by atoms with Crippen molar-refractivity contribution in [2.45, 2.75) is 43.4 Å². The van der Waals surface area contributed by atoms with Crippen LogP contribution in [0.15, 0.2) is 0 Å². The van der Waals surface area contributed by atoms with Gasteiger partial charge in [0.2, 0.25) is 6.35 Å². The van der Waals surface area contributed by atoms with Crippen LogP contribution in [0, 0.1) is 5.92 Å². The van der Waals surface area contributed by atoms with E-state index in [4.69, 9.17) is 12.6 Å². The average molecular weight is 300 g/mol. The minimum Gasteiger partial charge on any atom is -0.388 e. The molecule has 0 amide bonds. The van der Waals surface area contributed by atoms with Crippen molar-refractivity contribution in [2.75, 3.05) is 18.4 Å². The molecule has 3 nitrogen and oxygen atoms in total. The normalized spacial score (nSPS) is 45.8. The molecule has 0 aromatic heterocycles. The van der Waals surface area contributed by atoms with Crippen molar-refractivity contribution >= 4 is 35.5 Å². The molecular formula is C13H23BO3P2+2. The van der Waals surface area contributed by atoms with E-state index in [9.17, 15) is 10.2 Å². The van der Waals surface area contributed by atoms with Crippen LogP contribution in [0.2, 0.25) is 5.82 Å². The second-order valence-electron chi connectivity index (χ2n) is 5.99. The van der Waals surface area contributed by atoms with Crippen LogP contribution in [-0.4, -0.2) is 66.4 Å². The van der Waals surface area contributed by atoms with Crippen LogP contribution in [-0.2, 0) is 4.74 Å². The van der Waals surface area contributed by atoms with E-state index in [1.54, 1.807) is 6.92 Å². The Morgan fingerprint density at radius 3 is 2.53 bits per heavy atom. The van der Waals surface area contributed by atoms with Gasteiger partial charge in [-0.05, 0) is 32.0 Å². The van der Waals surface area contributed by atoms with Crippen molar-refractivity contribution in [1.29, 1.82) is 0 Å². The van der Waals surface area contributed by atoms with Crippen LogP contribution in [0.5, 0.6) is 0 Å². The zero-order valence-corrected chi connectivity index (χ0v) is 13.5. The zero-order valence-electron chi connectivity index (χ0n) is 11.7. The minimum atomic E-state index is -1.24. The predicted octanol–water partition coefficient (Wildman–Crippen LogP) is 1.61. The molecule has 2 saturated carbocycles. The maximum absolute atomic E-state index is 10.3. The van der Waals surface area contributed by atoms with Gasteiger partial charge in [0.05, 0.1) is 26.0 Å². The number of ether oxygens (including phenoxy) is 1. The SMILES string of the molecule is [B][C@@H]1[C@H]2CC2(OC[P+](=C)C[P+](=C)CC)[C@@H](O)[C@@]1(C)O. The molecule has 2 fully saturated rings. The second-order valence-corrected chi connectivity index (χ2v) is 10.7. The molecule has 2 N–H and O–H groups in total. The maximum Gasteiger partial charge on any atom is 0.254 e. The number of rotatable bonds is 6. The third kappa shape index (κ3) is 2.59. The van der Waals surface area contributed by atoms with Gasteiger partial charge in [-0.2, -0.15) is 0 Å². The van der Waals surface area contributed by atoms with Crippen molar-refractivity contribution in [2.24, 2.45) is 5.92 Å². The summed E-state index contributed by atoms with van der Waals surface area (Å²) in [6.07, 6.45) is 9.83. The topological polar surface area (TPSA) is 49.7 Å². The van der Waals surface area contributed by atoms with E-state index < -0.39 is 30.7 Å². The Morgan fingerprint density at radius 2 is 2.05 bits per heavy atom. The van der Waals surface area contributed by atoms with Gasteiger partial charge in [0, 0.05) is 0 Å². The van der Waals surface area contributed by atoms with Crippen LogP contribution in [0.3, 0.4) is 0 Å². The third-order valence-electron chi connectivity index (χ3n) is 4.49. The molecule has 0 aromatic carbocycles. The van der Waals surface area contributed by atoms with E-state index in [0.29, 0.717) is 6.35 Å². The lowest BCUT2D eigenvalue weighted by molar-refractivity contribution is -0.114. The Balaban J connectivity index is 1.92. The summed E-state index contributed by atoms with van der Waals surface area (Å²) < 4.78 is 5.95. The van der Waals surface area contributed by atoms with Crippen LogP contribution in [0.1, 0.15) is 20.3 Å². The Morgan fingerprint density at radius 1 is 1.42 bits per heavy atom. The fraction of sp³-hybridized carbons (Fsp3) is 0.846. The summed E-state index contributed by atoms with van der Waals surface area (Å²) in [7, 11) is 5.34. The van der Waals surface area contributed by atoms with E-state index >= 15 is 0 Å². The molecule has 19 heavy (non-hydrogen) atoms. The average Bonchev–Trinajstić information content (AvgIpc) is 3.06.